The highest BCUT2D eigenvalue weighted by atomic mass is 16.5. The molecule has 0 spiro atoms. The lowest BCUT2D eigenvalue weighted by Crippen LogP contribution is -2.27. The Morgan fingerprint density at radius 2 is 2.17 bits per heavy atom. The molecule has 1 aromatic carbocycles. The molecule has 0 bridgehead atoms. The predicted octanol–water partition coefficient (Wildman–Crippen LogP) is 2.29. The molecule has 18 heavy (non-hydrogen) atoms. The van der Waals surface area contributed by atoms with E-state index in [-0.39, 0.29) is 0 Å². The van der Waals surface area contributed by atoms with Gasteiger partial charge in [-0.2, -0.15) is 0 Å². The van der Waals surface area contributed by atoms with E-state index >= 15 is 0 Å². The van der Waals surface area contributed by atoms with Crippen molar-refractivity contribution < 1.29 is 4.74 Å². The van der Waals surface area contributed by atoms with Gasteiger partial charge in [-0.1, -0.05) is 0 Å². The molecule has 96 valence electrons. The topological polar surface area (TPSA) is 51.4 Å². The molecule has 4 heteroatoms. The maximum absolute atomic E-state index is 5.98. The minimum Gasteiger partial charge on any atom is -0.398 e. The van der Waals surface area contributed by atoms with E-state index in [0.717, 1.165) is 35.4 Å². The largest absolute Gasteiger partial charge is 0.398 e. The van der Waals surface area contributed by atoms with Crippen molar-refractivity contribution in [2.45, 2.75) is 6.92 Å². The van der Waals surface area contributed by atoms with E-state index in [4.69, 9.17) is 10.5 Å². The molecule has 2 N–H and O–H groups in total. The Morgan fingerprint density at radius 3 is 2.89 bits per heavy atom. The third-order valence-electron chi connectivity index (χ3n) is 3.07. The number of hydrogen-bond donors (Lipinski definition) is 1. The number of aromatic nitrogens is 1. The van der Waals surface area contributed by atoms with Crippen LogP contribution in [0.2, 0.25) is 0 Å². The highest BCUT2D eigenvalue weighted by molar-refractivity contribution is 5.98. The highest BCUT2D eigenvalue weighted by Crippen LogP contribution is 2.28. The highest BCUT2D eigenvalue weighted by Gasteiger charge is 2.10. The van der Waals surface area contributed by atoms with Crippen LogP contribution < -0.4 is 10.6 Å². The Hall–Kier alpha value is -1.81. The van der Waals surface area contributed by atoms with Crippen LogP contribution in [0.1, 0.15) is 6.92 Å². The molecule has 1 aromatic heterocycles. The molecule has 0 saturated carbocycles. The zero-order valence-corrected chi connectivity index (χ0v) is 10.9. The number of nitrogens with zero attached hydrogens (tertiary/aromatic N) is 2. The third kappa shape index (κ3) is 2.38. The summed E-state index contributed by atoms with van der Waals surface area (Å²) in [6.07, 6.45) is 1.80. The van der Waals surface area contributed by atoms with Crippen LogP contribution in [0, 0.1) is 0 Å². The molecule has 0 radical (unpaired) electrons. The lowest BCUT2D eigenvalue weighted by atomic mass is 10.1. The van der Waals surface area contributed by atoms with Crippen molar-refractivity contribution in [2.75, 3.05) is 37.4 Å². The first-order chi connectivity index (χ1) is 8.77. The normalized spacial score (nSPS) is 10.8. The van der Waals surface area contributed by atoms with Crippen LogP contribution >= 0.6 is 0 Å². The zero-order valence-electron chi connectivity index (χ0n) is 10.9. The monoisotopic (exact) mass is 245 g/mol. The second kappa shape index (κ2) is 5.69. The van der Waals surface area contributed by atoms with Gasteiger partial charge in [-0.3, -0.25) is 4.98 Å². The van der Waals surface area contributed by atoms with Gasteiger partial charge in [-0.05, 0) is 31.2 Å². The SMILES string of the molecule is CCN(CCOC)c1ccc(N)c2cccnc12. The molecular formula is C14H19N3O. The average Bonchev–Trinajstić information content (AvgIpc) is 2.42. The van der Waals surface area contributed by atoms with E-state index in [1.165, 1.54) is 0 Å². The van der Waals surface area contributed by atoms with Gasteiger partial charge in [0, 0.05) is 37.5 Å². The number of ether oxygens (including phenoxy) is 1. The van der Waals surface area contributed by atoms with E-state index < -0.39 is 0 Å². The summed E-state index contributed by atoms with van der Waals surface area (Å²) in [6.45, 7) is 4.59. The Labute approximate surface area is 107 Å². The van der Waals surface area contributed by atoms with E-state index in [1.54, 1.807) is 13.3 Å². The number of methoxy groups -OCH3 is 1. The molecule has 0 atom stereocenters. The van der Waals surface area contributed by atoms with Crippen molar-refractivity contribution in [1.82, 2.24) is 4.98 Å². The van der Waals surface area contributed by atoms with Crippen LogP contribution in [-0.2, 0) is 4.74 Å². The smallest absolute Gasteiger partial charge is 0.0955 e. The first-order valence-electron chi connectivity index (χ1n) is 6.15. The summed E-state index contributed by atoms with van der Waals surface area (Å²) in [5.74, 6) is 0. The number of likely N-dealkylation sites (N-methyl/N-ethyl adjacent to an activating group) is 1. The van der Waals surface area contributed by atoms with Gasteiger partial charge in [0.25, 0.3) is 0 Å². The summed E-state index contributed by atoms with van der Waals surface area (Å²) >= 11 is 0. The minimum atomic E-state index is 0.701. The molecular weight excluding hydrogens is 226 g/mol. The molecule has 0 unspecified atom stereocenters. The van der Waals surface area contributed by atoms with E-state index in [0.29, 0.717) is 6.61 Å². The fourth-order valence-corrected chi connectivity index (χ4v) is 2.09. The first-order valence-corrected chi connectivity index (χ1v) is 6.15. The molecule has 0 aliphatic heterocycles. The Bertz CT molecular complexity index is 527. The van der Waals surface area contributed by atoms with Gasteiger partial charge in [0.05, 0.1) is 17.8 Å². The number of pyridine rings is 1. The standard InChI is InChI=1S/C14H19N3O/c1-3-17(9-10-18-2)13-7-6-12(15)11-5-4-8-16-14(11)13/h4-8H,3,9-10,15H2,1-2H3. The summed E-state index contributed by atoms with van der Waals surface area (Å²) in [6, 6.07) is 7.89. The molecule has 0 saturated heterocycles. The predicted molar refractivity (Wildman–Crippen MR) is 75.9 cm³/mol. The molecule has 0 amide bonds. The molecule has 0 aliphatic carbocycles. The van der Waals surface area contributed by atoms with Gasteiger partial charge in [0.15, 0.2) is 0 Å². The summed E-state index contributed by atoms with van der Waals surface area (Å²) < 4.78 is 5.14. The molecule has 1 heterocycles. The van der Waals surface area contributed by atoms with Crippen LogP contribution in [0.25, 0.3) is 10.9 Å². The number of hydrogen-bond acceptors (Lipinski definition) is 4. The molecule has 4 nitrogen and oxygen atoms in total. The van der Waals surface area contributed by atoms with Crippen molar-refractivity contribution in [1.29, 1.82) is 0 Å². The number of rotatable bonds is 5. The average molecular weight is 245 g/mol. The van der Waals surface area contributed by atoms with Crippen LogP contribution in [-0.4, -0.2) is 31.8 Å². The van der Waals surface area contributed by atoms with E-state index in [1.807, 2.05) is 24.3 Å². The summed E-state index contributed by atoms with van der Waals surface area (Å²) in [4.78, 5) is 6.70. The van der Waals surface area contributed by atoms with Gasteiger partial charge >= 0.3 is 0 Å². The van der Waals surface area contributed by atoms with E-state index in [2.05, 4.69) is 16.8 Å². The third-order valence-corrected chi connectivity index (χ3v) is 3.07. The minimum absolute atomic E-state index is 0.701. The molecule has 2 aromatic rings. The summed E-state index contributed by atoms with van der Waals surface area (Å²) in [5, 5.41) is 1.01. The van der Waals surface area contributed by atoms with Crippen LogP contribution in [0.5, 0.6) is 0 Å². The molecule has 0 aliphatic rings. The Kier molecular flexibility index (Phi) is 3.99. The van der Waals surface area contributed by atoms with Gasteiger partial charge in [0.1, 0.15) is 0 Å². The number of nitrogens with two attached hydrogens (primary N) is 1. The van der Waals surface area contributed by atoms with Gasteiger partial charge in [-0.15, -0.1) is 0 Å². The first kappa shape index (κ1) is 12.6. The lowest BCUT2D eigenvalue weighted by molar-refractivity contribution is 0.205. The van der Waals surface area contributed by atoms with Gasteiger partial charge in [0.2, 0.25) is 0 Å². The molecule has 2 rings (SSSR count). The quantitative estimate of drug-likeness (QED) is 0.821. The van der Waals surface area contributed by atoms with Crippen LogP contribution in [0.15, 0.2) is 30.5 Å². The zero-order chi connectivity index (χ0) is 13.0. The van der Waals surface area contributed by atoms with Gasteiger partial charge in [-0.25, -0.2) is 0 Å². The second-order valence-electron chi connectivity index (χ2n) is 4.15. The number of benzene rings is 1. The van der Waals surface area contributed by atoms with Crippen molar-refractivity contribution in [3.8, 4) is 0 Å². The van der Waals surface area contributed by atoms with Crippen LogP contribution in [0.4, 0.5) is 11.4 Å². The lowest BCUT2D eigenvalue weighted by Gasteiger charge is -2.24. The number of nitrogen functional groups attached to an aromatic ring is 1. The number of anilines is 2. The van der Waals surface area contributed by atoms with E-state index in [9.17, 15) is 0 Å². The molecule has 0 fully saturated rings. The Morgan fingerprint density at radius 1 is 1.33 bits per heavy atom. The second-order valence-corrected chi connectivity index (χ2v) is 4.15. The summed E-state index contributed by atoms with van der Waals surface area (Å²) in [7, 11) is 1.72. The summed E-state index contributed by atoms with van der Waals surface area (Å²) in [5.41, 5.74) is 8.82. The van der Waals surface area contributed by atoms with Crippen molar-refractivity contribution >= 4 is 22.3 Å². The van der Waals surface area contributed by atoms with Crippen molar-refractivity contribution in [3.63, 3.8) is 0 Å². The fourth-order valence-electron chi connectivity index (χ4n) is 2.09. The number of fused-ring (bicyclic) bond motifs is 1. The van der Waals surface area contributed by atoms with Crippen molar-refractivity contribution in [2.24, 2.45) is 0 Å². The van der Waals surface area contributed by atoms with Crippen LogP contribution in [0.3, 0.4) is 0 Å². The van der Waals surface area contributed by atoms with Crippen molar-refractivity contribution in [3.05, 3.63) is 30.5 Å². The maximum Gasteiger partial charge on any atom is 0.0955 e. The Balaban J connectivity index is 2.46. The fraction of sp³-hybridized carbons (Fsp3) is 0.357. The van der Waals surface area contributed by atoms with Gasteiger partial charge < -0.3 is 15.4 Å². The maximum atomic E-state index is 5.98.